The van der Waals surface area contributed by atoms with Crippen molar-refractivity contribution in [3.8, 4) is 0 Å². The summed E-state index contributed by atoms with van der Waals surface area (Å²) in [6.45, 7) is 7.76. The minimum Gasteiger partial charge on any atom is -0.462 e. The van der Waals surface area contributed by atoms with Gasteiger partial charge in [0.15, 0.2) is 0 Å². The molecule has 1 N–H and O–H groups in total. The van der Waals surface area contributed by atoms with Gasteiger partial charge in [-0.05, 0) is 51.5 Å². The van der Waals surface area contributed by atoms with E-state index in [4.69, 9.17) is 9.47 Å². The van der Waals surface area contributed by atoms with Gasteiger partial charge in [0, 0.05) is 13.5 Å². The van der Waals surface area contributed by atoms with E-state index in [2.05, 4.69) is 13.0 Å². The molecule has 0 bridgehead atoms. The molecule has 0 saturated heterocycles. The maximum Gasteiger partial charge on any atom is 0.306 e. The molecule has 0 radical (unpaired) electrons. The third-order valence-electron chi connectivity index (χ3n) is 4.38. The van der Waals surface area contributed by atoms with Crippen LogP contribution in [0.3, 0.4) is 0 Å². The molecule has 4 nitrogen and oxygen atoms in total. The molecule has 4 heteroatoms. The summed E-state index contributed by atoms with van der Waals surface area (Å²) in [4.78, 5) is 11.9. The number of aliphatic hydroxyl groups is 1. The van der Waals surface area contributed by atoms with Crippen LogP contribution in [0.25, 0.3) is 0 Å². The minimum atomic E-state index is -1.05. The summed E-state index contributed by atoms with van der Waals surface area (Å²) in [5, 5.41) is 10.3. The van der Waals surface area contributed by atoms with Gasteiger partial charge in [-0.15, -0.1) is 0 Å². The molecule has 1 heterocycles. The molecule has 0 spiro atoms. The lowest BCUT2D eigenvalue weighted by molar-refractivity contribution is -0.151. The third kappa shape index (κ3) is 6.32. The van der Waals surface area contributed by atoms with Gasteiger partial charge in [-0.1, -0.05) is 25.2 Å². The maximum atomic E-state index is 11.9. The Labute approximate surface area is 134 Å². The summed E-state index contributed by atoms with van der Waals surface area (Å²) in [5.41, 5.74) is 0.0816. The molecule has 0 aromatic rings. The Morgan fingerprint density at radius 1 is 1.41 bits per heavy atom. The predicted molar refractivity (Wildman–Crippen MR) is 87.5 cm³/mol. The Kier molecular flexibility index (Phi) is 7.30. The number of allylic oxidation sites excluding steroid dienone is 1. The van der Waals surface area contributed by atoms with Gasteiger partial charge in [-0.25, -0.2) is 0 Å². The minimum absolute atomic E-state index is 0.108. The van der Waals surface area contributed by atoms with Gasteiger partial charge in [0.05, 0.1) is 11.7 Å². The zero-order chi connectivity index (χ0) is 16.8. The lowest BCUT2D eigenvalue weighted by Gasteiger charge is -2.23. The Hall–Kier alpha value is -1.13. The fourth-order valence-corrected chi connectivity index (χ4v) is 2.46. The highest BCUT2D eigenvalue weighted by Gasteiger charge is 2.22. The smallest absolute Gasteiger partial charge is 0.306 e. The van der Waals surface area contributed by atoms with Gasteiger partial charge in [-0.3, -0.25) is 4.79 Å². The number of ether oxygens (including phenoxy) is 2. The van der Waals surface area contributed by atoms with Crippen molar-refractivity contribution in [2.45, 2.75) is 71.2 Å². The van der Waals surface area contributed by atoms with Gasteiger partial charge in [-0.2, -0.15) is 0 Å². The van der Waals surface area contributed by atoms with Gasteiger partial charge < -0.3 is 14.6 Å². The second kappa shape index (κ2) is 8.49. The Balaban J connectivity index is 2.93. The van der Waals surface area contributed by atoms with E-state index in [1.165, 1.54) is 0 Å². The summed E-state index contributed by atoms with van der Waals surface area (Å²) in [6, 6.07) is 0. The van der Waals surface area contributed by atoms with Crippen LogP contribution in [0.5, 0.6) is 0 Å². The molecule has 1 rings (SSSR count). The van der Waals surface area contributed by atoms with E-state index in [9.17, 15) is 9.90 Å². The quantitative estimate of drug-likeness (QED) is 0.596. The van der Waals surface area contributed by atoms with Gasteiger partial charge in [0.1, 0.15) is 6.10 Å². The Bertz CT molecular complexity index is 423. The van der Waals surface area contributed by atoms with E-state index in [0.717, 1.165) is 18.4 Å². The molecule has 0 aromatic heterocycles. The van der Waals surface area contributed by atoms with Crippen molar-refractivity contribution in [2.75, 3.05) is 7.11 Å². The van der Waals surface area contributed by atoms with Crippen molar-refractivity contribution in [3.05, 3.63) is 23.8 Å². The van der Waals surface area contributed by atoms with E-state index >= 15 is 0 Å². The highest BCUT2D eigenvalue weighted by molar-refractivity contribution is 5.69. The van der Waals surface area contributed by atoms with E-state index in [0.29, 0.717) is 12.3 Å². The first kappa shape index (κ1) is 18.9. The molecule has 22 heavy (non-hydrogen) atoms. The first-order valence-corrected chi connectivity index (χ1v) is 8.06. The van der Waals surface area contributed by atoms with Gasteiger partial charge in [0.2, 0.25) is 0 Å². The lowest BCUT2D eigenvalue weighted by Crippen LogP contribution is -2.27. The molecule has 0 aromatic carbocycles. The fourth-order valence-electron chi connectivity index (χ4n) is 2.46. The fraction of sp³-hybridized carbons (Fsp3) is 0.722. The average Bonchev–Trinajstić information content (AvgIpc) is 2.44. The number of carbonyl (C=O) groups excluding carboxylic acids is 1. The standard InChI is InChI=1S/C18H30O4/c1-13-7-6-8-14(2)16(21-5)9-11-18(4,20)12-10-17(19)22-15(13)3/h8-9,11,13,15-16,20H,6-7,10,12H2,1-5H3/b11-9+,14-8?/t13-,15+,16-,18+/m0/s1. The van der Waals surface area contributed by atoms with Crippen molar-refractivity contribution in [3.63, 3.8) is 0 Å². The van der Waals surface area contributed by atoms with Crippen LogP contribution in [-0.2, 0) is 14.3 Å². The first-order valence-electron chi connectivity index (χ1n) is 8.06. The molecule has 0 unspecified atom stereocenters. The SMILES string of the molecule is CO[C@H]1/C=C/[C@@](C)(O)CCC(=O)O[C@H](C)[C@@H](C)CCC=C1C. The third-order valence-corrected chi connectivity index (χ3v) is 4.38. The van der Waals surface area contributed by atoms with Crippen molar-refractivity contribution in [2.24, 2.45) is 5.92 Å². The summed E-state index contributed by atoms with van der Waals surface area (Å²) in [5.74, 6) is 0.0492. The number of carbonyl (C=O) groups is 1. The topological polar surface area (TPSA) is 55.8 Å². The molecular weight excluding hydrogens is 280 g/mol. The second-order valence-corrected chi connectivity index (χ2v) is 6.57. The molecule has 0 aliphatic carbocycles. The van der Waals surface area contributed by atoms with Crippen LogP contribution < -0.4 is 0 Å². The molecule has 4 atom stereocenters. The maximum absolute atomic E-state index is 11.9. The van der Waals surface area contributed by atoms with Crippen molar-refractivity contribution in [1.29, 1.82) is 0 Å². The predicted octanol–water partition coefficient (Wildman–Crippen LogP) is 3.40. The number of hydrogen-bond acceptors (Lipinski definition) is 4. The number of rotatable bonds is 1. The molecule has 1 aliphatic rings. The molecule has 0 saturated carbocycles. The van der Waals surface area contributed by atoms with Crippen molar-refractivity contribution < 1.29 is 19.4 Å². The lowest BCUT2D eigenvalue weighted by atomic mass is 9.95. The largest absolute Gasteiger partial charge is 0.462 e. The first-order chi connectivity index (χ1) is 10.2. The highest BCUT2D eigenvalue weighted by Crippen LogP contribution is 2.21. The van der Waals surface area contributed by atoms with Crippen LogP contribution in [-0.4, -0.2) is 36.0 Å². The van der Waals surface area contributed by atoms with Crippen LogP contribution in [0.1, 0.15) is 53.4 Å². The number of hydrogen-bond donors (Lipinski definition) is 1. The van der Waals surface area contributed by atoms with Gasteiger partial charge in [0.25, 0.3) is 0 Å². The summed E-state index contributed by atoms with van der Waals surface area (Å²) >= 11 is 0. The monoisotopic (exact) mass is 310 g/mol. The van der Waals surface area contributed by atoms with E-state index < -0.39 is 5.60 Å². The number of cyclic esters (lactones) is 1. The molecule has 0 fully saturated rings. The zero-order valence-corrected chi connectivity index (χ0v) is 14.5. The van der Waals surface area contributed by atoms with Gasteiger partial charge >= 0.3 is 5.97 Å². The normalized spacial score (nSPS) is 36.9. The molecule has 1 aliphatic heterocycles. The van der Waals surface area contributed by atoms with Crippen LogP contribution in [0.4, 0.5) is 0 Å². The summed E-state index contributed by atoms with van der Waals surface area (Å²) in [6.07, 6.45) is 7.89. The molecular formula is C18H30O4. The van der Waals surface area contributed by atoms with E-state index in [1.54, 1.807) is 20.1 Å². The zero-order valence-electron chi connectivity index (χ0n) is 14.5. The van der Waals surface area contributed by atoms with Crippen LogP contribution in [0.2, 0.25) is 0 Å². The molecule has 0 amide bonds. The number of esters is 1. The Morgan fingerprint density at radius 2 is 2.09 bits per heavy atom. The van der Waals surface area contributed by atoms with E-state index in [-0.39, 0.29) is 24.6 Å². The van der Waals surface area contributed by atoms with Crippen LogP contribution in [0.15, 0.2) is 23.8 Å². The number of methoxy groups -OCH3 is 1. The Morgan fingerprint density at radius 3 is 2.73 bits per heavy atom. The van der Waals surface area contributed by atoms with Crippen molar-refractivity contribution in [1.82, 2.24) is 0 Å². The van der Waals surface area contributed by atoms with Crippen LogP contribution in [0, 0.1) is 5.92 Å². The summed E-state index contributed by atoms with van der Waals surface area (Å²) in [7, 11) is 1.66. The second-order valence-electron chi connectivity index (χ2n) is 6.57. The van der Waals surface area contributed by atoms with Crippen molar-refractivity contribution >= 4 is 5.97 Å². The highest BCUT2D eigenvalue weighted by atomic mass is 16.5. The van der Waals surface area contributed by atoms with E-state index in [1.807, 2.05) is 19.9 Å². The molecule has 126 valence electrons. The summed E-state index contributed by atoms with van der Waals surface area (Å²) < 4.78 is 10.9. The average molecular weight is 310 g/mol. The van der Waals surface area contributed by atoms with Crippen LogP contribution >= 0.6 is 0 Å².